The molecule has 1 aliphatic carbocycles. The van der Waals surface area contributed by atoms with E-state index in [2.05, 4.69) is 14.9 Å². The molecular weight excluding hydrogens is 214 g/mol. The van der Waals surface area contributed by atoms with Crippen molar-refractivity contribution in [3.63, 3.8) is 0 Å². The molecule has 17 heavy (non-hydrogen) atoms. The zero-order chi connectivity index (χ0) is 11.8. The van der Waals surface area contributed by atoms with Gasteiger partial charge in [-0.25, -0.2) is 9.97 Å². The Bertz CT molecular complexity index is 415. The molecule has 5 nitrogen and oxygen atoms in total. The zero-order valence-electron chi connectivity index (χ0n) is 9.76. The van der Waals surface area contributed by atoms with E-state index in [4.69, 9.17) is 11.1 Å². The average Bonchev–Trinajstić information content (AvgIpc) is 2.89. The van der Waals surface area contributed by atoms with Gasteiger partial charge in [0.2, 0.25) is 0 Å². The summed E-state index contributed by atoms with van der Waals surface area (Å²) >= 11 is 0. The Morgan fingerprint density at radius 1 is 1.24 bits per heavy atom. The van der Waals surface area contributed by atoms with Crippen molar-refractivity contribution in [1.29, 1.82) is 5.41 Å². The standard InChI is InChI=1S/C12H17N5/c13-12(14)10-4-16-11(5-15-10)17-6-8-2-1-3-9(8)7-17/h4-5,8-9H,1-3,6-7H2,(H3,13,14). The van der Waals surface area contributed by atoms with Crippen molar-refractivity contribution in [1.82, 2.24) is 9.97 Å². The largest absolute Gasteiger partial charge is 0.382 e. The third-order valence-corrected chi connectivity index (χ3v) is 3.96. The monoisotopic (exact) mass is 231 g/mol. The second-order valence-electron chi connectivity index (χ2n) is 5.03. The summed E-state index contributed by atoms with van der Waals surface area (Å²) in [5, 5.41) is 7.28. The number of nitrogen functional groups attached to an aromatic ring is 1. The summed E-state index contributed by atoms with van der Waals surface area (Å²) in [4.78, 5) is 10.8. The Labute approximate surface area is 101 Å². The maximum atomic E-state index is 7.28. The Morgan fingerprint density at radius 2 is 1.94 bits per heavy atom. The van der Waals surface area contributed by atoms with Gasteiger partial charge in [0, 0.05) is 13.1 Å². The van der Waals surface area contributed by atoms with Gasteiger partial charge in [0.1, 0.15) is 17.3 Å². The van der Waals surface area contributed by atoms with E-state index in [1.807, 2.05) is 0 Å². The van der Waals surface area contributed by atoms with Crippen LogP contribution in [-0.2, 0) is 0 Å². The molecule has 0 amide bonds. The minimum Gasteiger partial charge on any atom is -0.382 e. The maximum absolute atomic E-state index is 7.28. The lowest BCUT2D eigenvalue weighted by molar-refractivity contribution is 0.494. The van der Waals surface area contributed by atoms with Crippen LogP contribution in [0.2, 0.25) is 0 Å². The summed E-state index contributed by atoms with van der Waals surface area (Å²) in [7, 11) is 0. The van der Waals surface area contributed by atoms with Crippen LogP contribution in [-0.4, -0.2) is 28.9 Å². The van der Waals surface area contributed by atoms with Crippen LogP contribution in [0.25, 0.3) is 0 Å². The van der Waals surface area contributed by atoms with Gasteiger partial charge in [-0.3, -0.25) is 5.41 Å². The van der Waals surface area contributed by atoms with Crippen LogP contribution >= 0.6 is 0 Å². The predicted octanol–water partition coefficient (Wildman–Crippen LogP) is 0.997. The normalized spacial score (nSPS) is 27.2. The summed E-state index contributed by atoms with van der Waals surface area (Å²) < 4.78 is 0. The molecule has 1 saturated carbocycles. The van der Waals surface area contributed by atoms with E-state index in [0.717, 1.165) is 30.7 Å². The van der Waals surface area contributed by atoms with Crippen LogP contribution in [0.4, 0.5) is 5.82 Å². The first-order valence-electron chi connectivity index (χ1n) is 6.15. The van der Waals surface area contributed by atoms with Gasteiger partial charge < -0.3 is 10.6 Å². The smallest absolute Gasteiger partial charge is 0.147 e. The van der Waals surface area contributed by atoms with Crippen molar-refractivity contribution in [3.05, 3.63) is 18.1 Å². The third-order valence-electron chi connectivity index (χ3n) is 3.96. The molecule has 0 spiro atoms. The first-order valence-corrected chi connectivity index (χ1v) is 6.15. The summed E-state index contributed by atoms with van der Waals surface area (Å²) in [5.41, 5.74) is 5.81. The van der Waals surface area contributed by atoms with E-state index in [0.29, 0.717) is 5.69 Å². The van der Waals surface area contributed by atoms with Crippen molar-refractivity contribution in [3.8, 4) is 0 Å². The molecule has 3 rings (SSSR count). The Kier molecular flexibility index (Phi) is 2.46. The highest BCUT2D eigenvalue weighted by Gasteiger charge is 2.36. The summed E-state index contributed by atoms with van der Waals surface area (Å²) in [6.07, 6.45) is 7.43. The van der Waals surface area contributed by atoms with Gasteiger partial charge in [0.25, 0.3) is 0 Å². The first-order chi connectivity index (χ1) is 8.24. The van der Waals surface area contributed by atoms with Gasteiger partial charge in [-0.2, -0.15) is 0 Å². The number of rotatable bonds is 2. The van der Waals surface area contributed by atoms with Crippen molar-refractivity contribution in [2.24, 2.45) is 17.6 Å². The number of hydrogen-bond donors (Lipinski definition) is 2. The van der Waals surface area contributed by atoms with Crippen LogP contribution < -0.4 is 10.6 Å². The van der Waals surface area contributed by atoms with Crippen molar-refractivity contribution < 1.29 is 0 Å². The molecule has 2 atom stereocenters. The number of nitrogens with one attached hydrogen (secondary N) is 1. The number of hydrogen-bond acceptors (Lipinski definition) is 4. The molecule has 2 unspecified atom stereocenters. The molecule has 90 valence electrons. The van der Waals surface area contributed by atoms with Crippen molar-refractivity contribution in [2.45, 2.75) is 19.3 Å². The fourth-order valence-electron chi connectivity index (χ4n) is 3.05. The second-order valence-corrected chi connectivity index (χ2v) is 5.03. The lowest BCUT2D eigenvalue weighted by Gasteiger charge is -2.17. The molecule has 2 aliphatic rings. The van der Waals surface area contributed by atoms with Gasteiger partial charge in [-0.05, 0) is 24.7 Å². The topological polar surface area (TPSA) is 78.9 Å². The fourth-order valence-corrected chi connectivity index (χ4v) is 3.05. The average molecular weight is 231 g/mol. The third kappa shape index (κ3) is 1.85. The number of nitrogens with two attached hydrogens (primary N) is 1. The second kappa shape index (κ2) is 3.98. The zero-order valence-corrected chi connectivity index (χ0v) is 9.76. The van der Waals surface area contributed by atoms with Crippen molar-refractivity contribution in [2.75, 3.05) is 18.0 Å². The van der Waals surface area contributed by atoms with Crippen LogP contribution in [0.1, 0.15) is 25.0 Å². The molecule has 1 aromatic rings. The predicted molar refractivity (Wildman–Crippen MR) is 66.1 cm³/mol. The van der Waals surface area contributed by atoms with Gasteiger partial charge in [-0.15, -0.1) is 0 Å². The molecule has 1 aliphatic heterocycles. The number of aromatic nitrogens is 2. The molecule has 5 heteroatoms. The molecule has 0 bridgehead atoms. The van der Waals surface area contributed by atoms with Gasteiger partial charge in [-0.1, -0.05) is 6.42 Å². The number of anilines is 1. The molecule has 1 aromatic heterocycles. The minimum absolute atomic E-state index is 0.0256. The maximum Gasteiger partial charge on any atom is 0.147 e. The van der Waals surface area contributed by atoms with Gasteiger partial charge >= 0.3 is 0 Å². The van der Waals surface area contributed by atoms with Gasteiger partial charge in [0.05, 0.1) is 12.4 Å². The first kappa shape index (κ1) is 10.5. The summed E-state index contributed by atoms with van der Waals surface area (Å²) in [6.45, 7) is 2.22. The molecule has 1 saturated heterocycles. The SMILES string of the molecule is N=C(N)c1cnc(N2CC3CCCC3C2)cn1. The number of amidine groups is 1. The van der Waals surface area contributed by atoms with E-state index in [-0.39, 0.29) is 5.84 Å². The molecule has 2 fully saturated rings. The molecule has 2 heterocycles. The lowest BCUT2D eigenvalue weighted by atomic mass is 10.0. The molecular formula is C12H17N5. The van der Waals surface area contributed by atoms with Crippen LogP contribution in [0.15, 0.2) is 12.4 Å². The van der Waals surface area contributed by atoms with E-state index >= 15 is 0 Å². The highest BCUT2D eigenvalue weighted by Crippen LogP contribution is 2.38. The lowest BCUT2D eigenvalue weighted by Crippen LogP contribution is -2.23. The van der Waals surface area contributed by atoms with Crippen LogP contribution in [0, 0.1) is 17.2 Å². The van der Waals surface area contributed by atoms with Crippen LogP contribution in [0.5, 0.6) is 0 Å². The quantitative estimate of drug-likeness (QED) is 0.588. The van der Waals surface area contributed by atoms with E-state index in [1.165, 1.54) is 19.3 Å². The Morgan fingerprint density at radius 3 is 2.47 bits per heavy atom. The van der Waals surface area contributed by atoms with E-state index in [9.17, 15) is 0 Å². The van der Waals surface area contributed by atoms with E-state index in [1.54, 1.807) is 12.4 Å². The molecule has 0 aromatic carbocycles. The highest BCUT2D eigenvalue weighted by atomic mass is 15.2. The molecule has 3 N–H and O–H groups in total. The minimum atomic E-state index is -0.0256. The van der Waals surface area contributed by atoms with Crippen molar-refractivity contribution >= 4 is 11.7 Å². The highest BCUT2D eigenvalue weighted by molar-refractivity contribution is 5.92. The van der Waals surface area contributed by atoms with E-state index < -0.39 is 0 Å². The molecule has 0 radical (unpaired) electrons. The number of fused-ring (bicyclic) bond motifs is 1. The Balaban J connectivity index is 1.75. The number of nitrogens with zero attached hydrogens (tertiary/aromatic N) is 3. The fraction of sp³-hybridized carbons (Fsp3) is 0.583. The summed E-state index contributed by atoms with van der Waals surface area (Å²) in [6, 6.07) is 0. The van der Waals surface area contributed by atoms with Gasteiger partial charge in [0.15, 0.2) is 0 Å². The van der Waals surface area contributed by atoms with Crippen LogP contribution in [0.3, 0.4) is 0 Å². The Hall–Kier alpha value is -1.65. The summed E-state index contributed by atoms with van der Waals surface area (Å²) in [5.74, 6) is 2.60.